The lowest BCUT2D eigenvalue weighted by Crippen LogP contribution is -2.36. The van der Waals surface area contributed by atoms with Crippen LogP contribution in [0.4, 0.5) is 5.69 Å². The molecule has 2 aromatic rings. The molecule has 1 N–H and O–H groups in total. The van der Waals surface area contributed by atoms with Crippen molar-refractivity contribution in [3.8, 4) is 17.6 Å². The highest BCUT2D eigenvalue weighted by molar-refractivity contribution is 5.95. The molecule has 1 unspecified atom stereocenters. The molecule has 1 aromatic heterocycles. The second-order valence-electron chi connectivity index (χ2n) is 5.48. The van der Waals surface area contributed by atoms with Crippen LogP contribution in [0.2, 0.25) is 0 Å². The van der Waals surface area contributed by atoms with Gasteiger partial charge < -0.3 is 19.5 Å². The molecule has 7 nitrogen and oxygen atoms in total. The number of aryl methyl sites for hydroxylation is 1. The second kappa shape index (κ2) is 7.83. The summed E-state index contributed by atoms with van der Waals surface area (Å²) in [5.41, 5.74) is 1.52. The fourth-order valence-electron chi connectivity index (χ4n) is 2.60. The largest absolute Gasteiger partial charge is 0.480 e. The number of aromatic nitrogens is 2. The quantitative estimate of drug-likeness (QED) is 0.868. The normalized spacial score (nSPS) is 15.7. The molecule has 1 aliphatic rings. The summed E-state index contributed by atoms with van der Waals surface area (Å²) < 4.78 is 16.6. The molecule has 1 amide bonds. The minimum absolute atomic E-state index is 0.215. The van der Waals surface area contributed by atoms with Crippen LogP contribution in [-0.4, -0.2) is 35.2 Å². The molecule has 1 atom stereocenters. The zero-order valence-electron chi connectivity index (χ0n) is 14.3. The summed E-state index contributed by atoms with van der Waals surface area (Å²) >= 11 is 0. The number of hydrogen-bond acceptors (Lipinski definition) is 6. The number of hydrogen-bond donors (Lipinski definition) is 1. The van der Waals surface area contributed by atoms with E-state index in [2.05, 4.69) is 15.3 Å². The van der Waals surface area contributed by atoms with Crippen LogP contribution in [0.3, 0.4) is 0 Å². The molecule has 25 heavy (non-hydrogen) atoms. The lowest BCUT2D eigenvalue weighted by atomic mass is 10.0. The van der Waals surface area contributed by atoms with Gasteiger partial charge in [0.25, 0.3) is 5.91 Å². The highest BCUT2D eigenvalue weighted by Crippen LogP contribution is 2.29. The average Bonchev–Trinajstić information content (AvgIpc) is 2.64. The summed E-state index contributed by atoms with van der Waals surface area (Å²) in [4.78, 5) is 20.8. The van der Waals surface area contributed by atoms with Crippen molar-refractivity contribution in [3.05, 3.63) is 36.0 Å². The molecule has 3 rings (SSSR count). The van der Waals surface area contributed by atoms with Gasteiger partial charge in [0.05, 0.1) is 19.4 Å². The predicted molar refractivity (Wildman–Crippen MR) is 92.2 cm³/mol. The van der Waals surface area contributed by atoms with E-state index in [1.807, 2.05) is 38.1 Å². The highest BCUT2D eigenvalue weighted by Gasteiger charge is 2.27. The van der Waals surface area contributed by atoms with E-state index in [1.54, 1.807) is 0 Å². The van der Waals surface area contributed by atoms with Gasteiger partial charge in [-0.2, -0.15) is 4.98 Å². The Morgan fingerprint density at radius 3 is 2.88 bits per heavy atom. The molecule has 0 aliphatic carbocycles. The van der Waals surface area contributed by atoms with Crippen molar-refractivity contribution in [2.75, 3.05) is 18.5 Å². The smallest absolute Gasteiger partial charge is 0.319 e. The SMILES string of the molecule is CCOc1ncc(NC(=O)C2CCc3ccccc3O2)c(OCC)n1. The first-order valence-corrected chi connectivity index (χ1v) is 8.39. The van der Waals surface area contributed by atoms with Crippen LogP contribution in [0.15, 0.2) is 30.5 Å². The Morgan fingerprint density at radius 2 is 2.08 bits per heavy atom. The minimum Gasteiger partial charge on any atom is -0.480 e. The van der Waals surface area contributed by atoms with Gasteiger partial charge in [0.1, 0.15) is 11.4 Å². The van der Waals surface area contributed by atoms with Crippen molar-refractivity contribution in [1.29, 1.82) is 0 Å². The number of nitrogens with one attached hydrogen (secondary N) is 1. The molecule has 0 fully saturated rings. The summed E-state index contributed by atoms with van der Waals surface area (Å²) in [7, 11) is 0. The van der Waals surface area contributed by atoms with Gasteiger partial charge in [-0.05, 0) is 38.3 Å². The maximum absolute atomic E-state index is 12.6. The molecular weight excluding hydrogens is 322 g/mol. The van der Waals surface area contributed by atoms with E-state index in [9.17, 15) is 4.79 Å². The fraction of sp³-hybridized carbons (Fsp3) is 0.389. The van der Waals surface area contributed by atoms with E-state index < -0.39 is 6.10 Å². The Hall–Kier alpha value is -2.83. The first-order chi connectivity index (χ1) is 12.2. The minimum atomic E-state index is -0.559. The molecule has 0 saturated heterocycles. The zero-order chi connectivity index (χ0) is 17.6. The van der Waals surface area contributed by atoms with Crippen LogP contribution in [-0.2, 0) is 11.2 Å². The summed E-state index contributed by atoms with van der Waals surface area (Å²) in [6.07, 6.45) is 2.34. The number of ether oxygens (including phenoxy) is 3. The molecule has 132 valence electrons. The van der Waals surface area contributed by atoms with E-state index in [4.69, 9.17) is 14.2 Å². The maximum Gasteiger partial charge on any atom is 0.319 e. The van der Waals surface area contributed by atoms with Crippen molar-refractivity contribution >= 4 is 11.6 Å². The first kappa shape index (κ1) is 17.0. The number of carbonyl (C=O) groups is 1. The Kier molecular flexibility index (Phi) is 5.33. The van der Waals surface area contributed by atoms with Crippen LogP contribution < -0.4 is 19.5 Å². The van der Waals surface area contributed by atoms with Crippen LogP contribution in [0.5, 0.6) is 17.6 Å². The Balaban J connectivity index is 1.72. The van der Waals surface area contributed by atoms with Gasteiger partial charge in [-0.25, -0.2) is 4.98 Å². The number of para-hydroxylation sites is 1. The third-order valence-corrected chi connectivity index (χ3v) is 3.75. The molecule has 1 aromatic carbocycles. The number of anilines is 1. The van der Waals surface area contributed by atoms with Gasteiger partial charge in [-0.15, -0.1) is 0 Å². The first-order valence-electron chi connectivity index (χ1n) is 8.39. The fourth-order valence-corrected chi connectivity index (χ4v) is 2.60. The predicted octanol–water partition coefficient (Wildman–Crippen LogP) is 2.61. The summed E-state index contributed by atoms with van der Waals surface area (Å²) in [5, 5.41) is 2.80. The van der Waals surface area contributed by atoms with E-state index in [0.717, 1.165) is 17.7 Å². The van der Waals surface area contributed by atoms with E-state index in [0.29, 0.717) is 25.3 Å². The lowest BCUT2D eigenvalue weighted by Gasteiger charge is -2.25. The van der Waals surface area contributed by atoms with Gasteiger partial charge >= 0.3 is 6.01 Å². The molecule has 7 heteroatoms. The van der Waals surface area contributed by atoms with Gasteiger partial charge in [0.2, 0.25) is 5.88 Å². The lowest BCUT2D eigenvalue weighted by molar-refractivity contribution is -0.123. The molecule has 1 aliphatic heterocycles. The molecule has 2 heterocycles. The number of nitrogens with zero attached hydrogens (tertiary/aromatic N) is 2. The second-order valence-corrected chi connectivity index (χ2v) is 5.48. The number of amides is 1. The number of benzene rings is 1. The third-order valence-electron chi connectivity index (χ3n) is 3.75. The van der Waals surface area contributed by atoms with Crippen LogP contribution in [0.1, 0.15) is 25.8 Å². The molecular formula is C18H21N3O4. The van der Waals surface area contributed by atoms with Gasteiger partial charge in [0.15, 0.2) is 6.10 Å². The van der Waals surface area contributed by atoms with Crippen molar-refractivity contribution in [3.63, 3.8) is 0 Å². The number of fused-ring (bicyclic) bond motifs is 1. The Labute approximate surface area is 146 Å². The maximum atomic E-state index is 12.6. The topological polar surface area (TPSA) is 82.6 Å². The standard InChI is InChI=1S/C18H21N3O4/c1-3-23-17-13(11-19-18(21-17)24-4-2)20-16(22)15-10-9-12-7-5-6-8-14(12)25-15/h5-8,11,15H,3-4,9-10H2,1-2H3,(H,20,22). The van der Waals surface area contributed by atoms with Crippen LogP contribution >= 0.6 is 0 Å². The third kappa shape index (κ3) is 3.99. The highest BCUT2D eigenvalue weighted by atomic mass is 16.5. The zero-order valence-corrected chi connectivity index (χ0v) is 14.3. The van der Waals surface area contributed by atoms with Crippen molar-refractivity contribution in [2.45, 2.75) is 32.8 Å². The van der Waals surface area contributed by atoms with E-state index >= 15 is 0 Å². The van der Waals surface area contributed by atoms with E-state index in [-0.39, 0.29) is 17.8 Å². The van der Waals surface area contributed by atoms with Crippen LogP contribution in [0, 0.1) is 0 Å². The monoisotopic (exact) mass is 343 g/mol. The van der Waals surface area contributed by atoms with Crippen molar-refractivity contribution in [2.24, 2.45) is 0 Å². The van der Waals surface area contributed by atoms with Gasteiger partial charge in [-0.1, -0.05) is 18.2 Å². The molecule has 0 bridgehead atoms. The number of carbonyl (C=O) groups excluding carboxylic acids is 1. The van der Waals surface area contributed by atoms with Gasteiger partial charge in [-0.3, -0.25) is 4.79 Å². The average molecular weight is 343 g/mol. The van der Waals surface area contributed by atoms with Crippen molar-refractivity contribution in [1.82, 2.24) is 9.97 Å². The Morgan fingerprint density at radius 1 is 1.28 bits per heavy atom. The summed E-state index contributed by atoms with van der Waals surface area (Å²) in [6.45, 7) is 4.55. The number of rotatable bonds is 6. The van der Waals surface area contributed by atoms with E-state index in [1.165, 1.54) is 6.20 Å². The van der Waals surface area contributed by atoms with Crippen molar-refractivity contribution < 1.29 is 19.0 Å². The molecule has 0 spiro atoms. The van der Waals surface area contributed by atoms with Gasteiger partial charge in [0, 0.05) is 0 Å². The summed E-state index contributed by atoms with van der Waals surface area (Å²) in [6, 6.07) is 7.96. The molecule has 0 saturated carbocycles. The molecule has 0 radical (unpaired) electrons. The van der Waals surface area contributed by atoms with Crippen LogP contribution in [0.25, 0.3) is 0 Å². The Bertz CT molecular complexity index is 751. The summed E-state index contributed by atoms with van der Waals surface area (Å²) in [5.74, 6) is 0.788.